The first-order valence-corrected chi connectivity index (χ1v) is 7.13. The summed E-state index contributed by atoms with van der Waals surface area (Å²) < 4.78 is 5.69. The van der Waals surface area contributed by atoms with Gasteiger partial charge >= 0.3 is 0 Å². The summed E-state index contributed by atoms with van der Waals surface area (Å²) in [5.41, 5.74) is 1.46. The summed E-state index contributed by atoms with van der Waals surface area (Å²) in [6.07, 6.45) is 5.43. The van der Waals surface area contributed by atoms with Gasteiger partial charge in [0.1, 0.15) is 5.76 Å². The number of nitrogens with zero attached hydrogens (tertiary/aromatic N) is 1. The third-order valence-corrected chi connectivity index (χ3v) is 4.09. The van der Waals surface area contributed by atoms with Crippen molar-refractivity contribution in [3.63, 3.8) is 0 Å². The Labute approximate surface area is 110 Å². The van der Waals surface area contributed by atoms with Crippen molar-refractivity contribution in [2.24, 2.45) is 11.3 Å². The molecule has 1 aromatic heterocycles. The third-order valence-electron chi connectivity index (χ3n) is 4.09. The molecule has 0 radical (unpaired) electrons. The van der Waals surface area contributed by atoms with E-state index < -0.39 is 0 Å². The average Bonchev–Trinajstić information content (AvgIpc) is 2.83. The van der Waals surface area contributed by atoms with Crippen molar-refractivity contribution in [2.45, 2.75) is 59.4 Å². The summed E-state index contributed by atoms with van der Waals surface area (Å²) in [6, 6.07) is 0. The van der Waals surface area contributed by atoms with E-state index in [0.29, 0.717) is 17.3 Å². The molecule has 1 aromatic rings. The van der Waals surface area contributed by atoms with Crippen LogP contribution in [0.5, 0.6) is 0 Å². The van der Waals surface area contributed by atoms with Crippen molar-refractivity contribution in [3.05, 3.63) is 17.8 Å². The Morgan fingerprint density at radius 3 is 2.89 bits per heavy atom. The molecule has 0 aromatic carbocycles. The van der Waals surface area contributed by atoms with Crippen LogP contribution in [0.2, 0.25) is 0 Å². The van der Waals surface area contributed by atoms with Crippen LogP contribution >= 0.6 is 0 Å². The molecular formula is C15H26N2O. The largest absolute Gasteiger partial charge is 0.448 e. The highest BCUT2D eigenvalue weighted by atomic mass is 16.3. The van der Waals surface area contributed by atoms with Crippen LogP contribution < -0.4 is 5.32 Å². The first-order chi connectivity index (χ1) is 8.50. The second-order valence-electron chi connectivity index (χ2n) is 6.62. The SMILES string of the molecule is CC(C)CNCc1ncoc1C1CCCC1(C)C. The summed E-state index contributed by atoms with van der Waals surface area (Å²) in [6.45, 7) is 11.0. The molecule has 1 unspecified atom stereocenters. The van der Waals surface area contributed by atoms with Gasteiger partial charge < -0.3 is 9.73 Å². The maximum Gasteiger partial charge on any atom is 0.181 e. The monoisotopic (exact) mass is 250 g/mol. The van der Waals surface area contributed by atoms with Crippen molar-refractivity contribution in [3.8, 4) is 0 Å². The van der Waals surface area contributed by atoms with Gasteiger partial charge in [0, 0.05) is 12.5 Å². The van der Waals surface area contributed by atoms with Crippen LogP contribution in [0.1, 0.15) is 64.3 Å². The van der Waals surface area contributed by atoms with E-state index in [9.17, 15) is 0 Å². The molecule has 1 heterocycles. The first kappa shape index (κ1) is 13.6. The summed E-state index contributed by atoms with van der Waals surface area (Å²) in [4.78, 5) is 4.39. The molecule has 1 atom stereocenters. The van der Waals surface area contributed by atoms with Gasteiger partial charge in [0.15, 0.2) is 6.39 Å². The minimum Gasteiger partial charge on any atom is -0.448 e. The van der Waals surface area contributed by atoms with E-state index >= 15 is 0 Å². The van der Waals surface area contributed by atoms with E-state index in [-0.39, 0.29) is 0 Å². The minimum absolute atomic E-state index is 0.354. The lowest BCUT2D eigenvalue weighted by Crippen LogP contribution is -2.22. The molecule has 18 heavy (non-hydrogen) atoms. The number of hydrogen-bond acceptors (Lipinski definition) is 3. The maximum absolute atomic E-state index is 5.69. The van der Waals surface area contributed by atoms with E-state index in [1.54, 1.807) is 6.39 Å². The van der Waals surface area contributed by atoms with E-state index in [2.05, 4.69) is 38.0 Å². The highest BCUT2D eigenvalue weighted by molar-refractivity contribution is 5.17. The molecule has 0 amide bonds. The number of hydrogen-bond donors (Lipinski definition) is 1. The molecule has 1 aliphatic carbocycles. The van der Waals surface area contributed by atoms with E-state index in [0.717, 1.165) is 24.5 Å². The smallest absolute Gasteiger partial charge is 0.181 e. The molecule has 0 saturated heterocycles. The van der Waals surface area contributed by atoms with Gasteiger partial charge in [-0.1, -0.05) is 34.1 Å². The Bertz CT molecular complexity index is 382. The van der Waals surface area contributed by atoms with Crippen molar-refractivity contribution >= 4 is 0 Å². The first-order valence-electron chi connectivity index (χ1n) is 7.13. The van der Waals surface area contributed by atoms with Crippen molar-refractivity contribution < 1.29 is 4.42 Å². The van der Waals surface area contributed by atoms with E-state index in [1.807, 2.05) is 0 Å². The van der Waals surface area contributed by atoms with Crippen molar-refractivity contribution in [1.82, 2.24) is 10.3 Å². The van der Waals surface area contributed by atoms with Gasteiger partial charge in [-0.15, -0.1) is 0 Å². The molecule has 2 rings (SSSR count). The fourth-order valence-electron chi connectivity index (χ4n) is 2.99. The van der Waals surface area contributed by atoms with Crippen LogP contribution in [-0.4, -0.2) is 11.5 Å². The van der Waals surface area contributed by atoms with Crippen LogP contribution in [-0.2, 0) is 6.54 Å². The molecule has 102 valence electrons. The summed E-state index contributed by atoms with van der Waals surface area (Å²) in [5.74, 6) is 2.33. The Hall–Kier alpha value is -0.830. The number of oxazole rings is 1. The number of aromatic nitrogens is 1. The van der Waals surface area contributed by atoms with Crippen LogP contribution in [0.4, 0.5) is 0 Å². The Morgan fingerprint density at radius 1 is 1.50 bits per heavy atom. The molecule has 3 nitrogen and oxygen atoms in total. The van der Waals surface area contributed by atoms with Crippen LogP contribution in [0.3, 0.4) is 0 Å². The van der Waals surface area contributed by atoms with Gasteiger partial charge in [-0.05, 0) is 30.7 Å². The van der Waals surface area contributed by atoms with Gasteiger partial charge in [-0.25, -0.2) is 4.98 Å². The number of rotatable bonds is 5. The van der Waals surface area contributed by atoms with E-state index in [1.165, 1.54) is 19.3 Å². The van der Waals surface area contributed by atoms with Crippen molar-refractivity contribution in [1.29, 1.82) is 0 Å². The zero-order chi connectivity index (χ0) is 13.2. The van der Waals surface area contributed by atoms with Gasteiger partial charge in [0.05, 0.1) is 5.69 Å². The van der Waals surface area contributed by atoms with Gasteiger partial charge in [0.2, 0.25) is 0 Å². The molecule has 1 fully saturated rings. The summed E-state index contributed by atoms with van der Waals surface area (Å²) >= 11 is 0. The van der Waals surface area contributed by atoms with Crippen LogP contribution in [0, 0.1) is 11.3 Å². The molecule has 1 aliphatic rings. The molecule has 3 heteroatoms. The third kappa shape index (κ3) is 2.94. The highest BCUT2D eigenvalue weighted by Crippen LogP contribution is 2.49. The highest BCUT2D eigenvalue weighted by Gasteiger charge is 2.38. The van der Waals surface area contributed by atoms with Gasteiger partial charge in [0.25, 0.3) is 0 Å². The van der Waals surface area contributed by atoms with Gasteiger partial charge in [-0.3, -0.25) is 0 Å². The average molecular weight is 250 g/mol. The lowest BCUT2D eigenvalue weighted by Gasteiger charge is -2.25. The summed E-state index contributed by atoms with van der Waals surface area (Å²) in [5, 5.41) is 3.46. The standard InChI is InChI=1S/C15H26N2O/c1-11(2)8-16-9-13-14(18-10-17-13)12-6-5-7-15(12,3)4/h10-12,16H,5-9H2,1-4H3. The summed E-state index contributed by atoms with van der Waals surface area (Å²) in [7, 11) is 0. The molecule has 1 N–H and O–H groups in total. The van der Waals surface area contributed by atoms with Gasteiger partial charge in [-0.2, -0.15) is 0 Å². The minimum atomic E-state index is 0.354. The zero-order valence-electron chi connectivity index (χ0n) is 12.1. The molecule has 0 spiro atoms. The Kier molecular flexibility index (Phi) is 4.10. The van der Waals surface area contributed by atoms with Crippen LogP contribution in [0.15, 0.2) is 10.8 Å². The molecule has 1 saturated carbocycles. The molecule has 0 bridgehead atoms. The predicted octanol–water partition coefficient (Wildman–Crippen LogP) is 3.71. The lowest BCUT2D eigenvalue weighted by atomic mass is 9.80. The second-order valence-corrected chi connectivity index (χ2v) is 6.62. The quantitative estimate of drug-likeness (QED) is 0.865. The van der Waals surface area contributed by atoms with Crippen molar-refractivity contribution in [2.75, 3.05) is 6.54 Å². The zero-order valence-corrected chi connectivity index (χ0v) is 12.1. The fourth-order valence-corrected chi connectivity index (χ4v) is 2.99. The molecule has 0 aliphatic heterocycles. The predicted molar refractivity (Wildman–Crippen MR) is 73.4 cm³/mol. The normalized spacial score (nSPS) is 22.8. The van der Waals surface area contributed by atoms with Crippen LogP contribution in [0.25, 0.3) is 0 Å². The maximum atomic E-state index is 5.69. The fraction of sp³-hybridized carbons (Fsp3) is 0.800. The Morgan fingerprint density at radius 2 is 2.28 bits per heavy atom. The lowest BCUT2D eigenvalue weighted by molar-refractivity contribution is 0.291. The topological polar surface area (TPSA) is 38.1 Å². The number of nitrogens with one attached hydrogen (secondary N) is 1. The second kappa shape index (κ2) is 5.43. The Balaban J connectivity index is 2.03. The van der Waals surface area contributed by atoms with E-state index in [4.69, 9.17) is 4.42 Å². The molecular weight excluding hydrogens is 224 g/mol.